The summed E-state index contributed by atoms with van der Waals surface area (Å²) in [7, 11) is 0. The molecule has 1 aromatic carbocycles. The van der Waals surface area contributed by atoms with Crippen LogP contribution in [0.5, 0.6) is 0 Å². The molecular weight excluding hydrogens is 251 g/mol. The van der Waals surface area contributed by atoms with Crippen molar-refractivity contribution in [3.8, 4) is 0 Å². The fourth-order valence-corrected chi connectivity index (χ4v) is 3.36. The molecule has 0 amide bonds. The van der Waals surface area contributed by atoms with E-state index in [-0.39, 0.29) is 11.7 Å². The van der Waals surface area contributed by atoms with E-state index in [9.17, 15) is 4.39 Å². The van der Waals surface area contributed by atoms with Gasteiger partial charge in [0.25, 0.3) is 0 Å². The van der Waals surface area contributed by atoms with Crippen molar-refractivity contribution in [2.75, 3.05) is 0 Å². The van der Waals surface area contributed by atoms with Crippen molar-refractivity contribution in [1.29, 1.82) is 0 Å². The summed E-state index contributed by atoms with van der Waals surface area (Å²) in [5, 5.41) is 0. The van der Waals surface area contributed by atoms with Gasteiger partial charge in [0.1, 0.15) is 5.82 Å². The molecule has 1 aliphatic carbocycles. The maximum absolute atomic E-state index is 13.5. The van der Waals surface area contributed by atoms with E-state index in [1.54, 1.807) is 6.20 Å². The predicted molar refractivity (Wildman–Crippen MR) is 77.7 cm³/mol. The first-order valence-corrected chi connectivity index (χ1v) is 7.15. The summed E-state index contributed by atoms with van der Waals surface area (Å²) in [5.74, 6) is -0.0919. The van der Waals surface area contributed by atoms with E-state index in [4.69, 9.17) is 5.73 Å². The minimum Gasteiger partial charge on any atom is -0.321 e. The van der Waals surface area contributed by atoms with Gasteiger partial charge in [0.05, 0.1) is 6.20 Å². The van der Waals surface area contributed by atoms with E-state index in [0.717, 1.165) is 24.8 Å². The first-order chi connectivity index (χ1) is 9.70. The standard InChI is InChI=1S/C17H19FN2/c18-15-10-14(11-20-12-15)17(19)9-5-4-8-16(17)13-6-2-1-3-7-13/h1-3,6-7,10-12,16H,4-5,8-9,19H2. The maximum Gasteiger partial charge on any atom is 0.141 e. The highest BCUT2D eigenvalue weighted by molar-refractivity contribution is 5.32. The highest BCUT2D eigenvalue weighted by Gasteiger charge is 2.39. The number of nitrogens with zero attached hydrogens (tertiary/aromatic N) is 1. The summed E-state index contributed by atoms with van der Waals surface area (Å²) < 4.78 is 13.5. The summed E-state index contributed by atoms with van der Waals surface area (Å²) in [6.45, 7) is 0. The minimum absolute atomic E-state index is 0.223. The lowest BCUT2D eigenvalue weighted by atomic mass is 9.67. The highest BCUT2D eigenvalue weighted by atomic mass is 19.1. The van der Waals surface area contributed by atoms with Gasteiger partial charge >= 0.3 is 0 Å². The summed E-state index contributed by atoms with van der Waals surface area (Å²) in [6, 6.07) is 11.8. The van der Waals surface area contributed by atoms with Crippen LogP contribution in [-0.2, 0) is 5.54 Å². The Morgan fingerprint density at radius 2 is 1.95 bits per heavy atom. The first kappa shape index (κ1) is 13.3. The molecule has 104 valence electrons. The Morgan fingerprint density at radius 1 is 1.15 bits per heavy atom. The molecule has 2 N–H and O–H groups in total. The Bertz CT molecular complexity index is 585. The third kappa shape index (κ3) is 2.34. The van der Waals surface area contributed by atoms with E-state index in [1.165, 1.54) is 24.2 Å². The van der Waals surface area contributed by atoms with E-state index >= 15 is 0 Å². The second kappa shape index (κ2) is 5.33. The Balaban J connectivity index is 2.04. The number of nitrogens with two attached hydrogens (primary N) is 1. The van der Waals surface area contributed by atoms with Crippen molar-refractivity contribution in [3.63, 3.8) is 0 Å². The predicted octanol–water partition coefficient (Wildman–Crippen LogP) is 3.73. The molecule has 0 bridgehead atoms. The number of aromatic nitrogens is 1. The molecule has 0 radical (unpaired) electrons. The number of pyridine rings is 1. The van der Waals surface area contributed by atoms with Crippen molar-refractivity contribution in [2.45, 2.75) is 37.1 Å². The van der Waals surface area contributed by atoms with Crippen LogP contribution < -0.4 is 5.73 Å². The quantitative estimate of drug-likeness (QED) is 0.903. The van der Waals surface area contributed by atoms with Gasteiger partial charge in [-0.3, -0.25) is 4.98 Å². The van der Waals surface area contributed by atoms with Crippen LogP contribution in [0.25, 0.3) is 0 Å². The molecule has 2 aromatic rings. The largest absolute Gasteiger partial charge is 0.321 e. The molecule has 1 aromatic heterocycles. The van der Waals surface area contributed by atoms with Crippen LogP contribution in [0.15, 0.2) is 48.8 Å². The average Bonchev–Trinajstić information content (AvgIpc) is 2.49. The molecule has 20 heavy (non-hydrogen) atoms. The smallest absolute Gasteiger partial charge is 0.141 e. The summed E-state index contributed by atoms with van der Waals surface area (Å²) in [5.41, 5.74) is 8.25. The molecule has 0 spiro atoms. The molecule has 3 heteroatoms. The Kier molecular flexibility index (Phi) is 3.53. The minimum atomic E-state index is -0.519. The van der Waals surface area contributed by atoms with Crippen LogP contribution in [0.2, 0.25) is 0 Å². The van der Waals surface area contributed by atoms with Crippen LogP contribution in [0, 0.1) is 5.82 Å². The van der Waals surface area contributed by atoms with Gasteiger partial charge in [-0.1, -0.05) is 43.2 Å². The van der Waals surface area contributed by atoms with Gasteiger partial charge in [-0.15, -0.1) is 0 Å². The number of benzene rings is 1. The third-order valence-corrected chi connectivity index (χ3v) is 4.40. The summed E-state index contributed by atoms with van der Waals surface area (Å²) >= 11 is 0. The van der Waals surface area contributed by atoms with Crippen LogP contribution in [0.1, 0.15) is 42.7 Å². The van der Waals surface area contributed by atoms with Gasteiger partial charge in [-0.05, 0) is 30.0 Å². The van der Waals surface area contributed by atoms with E-state index in [1.807, 2.05) is 18.2 Å². The van der Waals surface area contributed by atoms with Gasteiger partial charge in [-0.25, -0.2) is 4.39 Å². The Morgan fingerprint density at radius 3 is 2.70 bits per heavy atom. The lowest BCUT2D eigenvalue weighted by Gasteiger charge is -2.42. The first-order valence-electron chi connectivity index (χ1n) is 7.15. The second-order valence-electron chi connectivity index (χ2n) is 5.64. The van der Waals surface area contributed by atoms with Gasteiger partial charge in [0.2, 0.25) is 0 Å². The van der Waals surface area contributed by atoms with Gasteiger partial charge in [0.15, 0.2) is 0 Å². The molecule has 2 unspecified atom stereocenters. The number of rotatable bonds is 2. The zero-order valence-electron chi connectivity index (χ0n) is 11.4. The van der Waals surface area contributed by atoms with E-state index < -0.39 is 5.54 Å². The third-order valence-electron chi connectivity index (χ3n) is 4.40. The molecule has 0 saturated heterocycles. The zero-order chi connectivity index (χ0) is 14.0. The lowest BCUT2D eigenvalue weighted by molar-refractivity contribution is 0.253. The fraction of sp³-hybridized carbons (Fsp3) is 0.353. The molecular formula is C17H19FN2. The monoisotopic (exact) mass is 270 g/mol. The summed E-state index contributed by atoms with van der Waals surface area (Å²) in [4.78, 5) is 3.98. The highest BCUT2D eigenvalue weighted by Crippen LogP contribution is 2.45. The van der Waals surface area contributed by atoms with Gasteiger partial charge < -0.3 is 5.73 Å². The van der Waals surface area contributed by atoms with Crippen molar-refractivity contribution < 1.29 is 4.39 Å². The van der Waals surface area contributed by atoms with Crippen LogP contribution >= 0.6 is 0 Å². The van der Waals surface area contributed by atoms with Gasteiger partial charge in [0, 0.05) is 17.7 Å². The molecule has 2 atom stereocenters. The second-order valence-corrected chi connectivity index (χ2v) is 5.64. The van der Waals surface area contributed by atoms with E-state index in [0.29, 0.717) is 0 Å². The number of halogens is 1. The number of hydrogen-bond acceptors (Lipinski definition) is 2. The average molecular weight is 270 g/mol. The maximum atomic E-state index is 13.5. The fourth-order valence-electron chi connectivity index (χ4n) is 3.36. The van der Waals surface area contributed by atoms with Crippen molar-refractivity contribution >= 4 is 0 Å². The number of hydrogen-bond donors (Lipinski definition) is 1. The van der Waals surface area contributed by atoms with Crippen LogP contribution in [0.3, 0.4) is 0 Å². The Hall–Kier alpha value is -1.74. The van der Waals surface area contributed by atoms with Crippen molar-refractivity contribution in [2.24, 2.45) is 5.73 Å². The topological polar surface area (TPSA) is 38.9 Å². The van der Waals surface area contributed by atoms with Crippen molar-refractivity contribution in [1.82, 2.24) is 4.98 Å². The molecule has 1 saturated carbocycles. The van der Waals surface area contributed by atoms with Gasteiger partial charge in [-0.2, -0.15) is 0 Å². The normalized spacial score (nSPS) is 26.4. The SMILES string of the molecule is NC1(c2cncc(F)c2)CCCCC1c1ccccc1. The van der Waals surface area contributed by atoms with Crippen LogP contribution in [0.4, 0.5) is 4.39 Å². The molecule has 1 fully saturated rings. The molecule has 1 aliphatic rings. The summed E-state index contributed by atoms with van der Waals surface area (Å²) in [6.07, 6.45) is 7.10. The molecule has 3 rings (SSSR count). The molecule has 2 nitrogen and oxygen atoms in total. The van der Waals surface area contributed by atoms with Crippen LogP contribution in [-0.4, -0.2) is 4.98 Å². The lowest BCUT2D eigenvalue weighted by Crippen LogP contribution is -2.45. The molecule has 1 heterocycles. The zero-order valence-corrected chi connectivity index (χ0v) is 11.4. The van der Waals surface area contributed by atoms with Crippen molar-refractivity contribution in [3.05, 3.63) is 65.7 Å². The Labute approximate surface area is 118 Å². The van der Waals surface area contributed by atoms with E-state index in [2.05, 4.69) is 17.1 Å². The molecule has 0 aliphatic heterocycles.